The number of sulfonamides is 1. The van der Waals surface area contributed by atoms with Crippen LogP contribution in [0, 0.1) is 5.41 Å². The number of nitrogens with zero attached hydrogens (tertiary/aromatic N) is 2. The van der Waals surface area contributed by atoms with Crippen molar-refractivity contribution >= 4 is 15.7 Å². The maximum atomic E-state index is 12.3. The van der Waals surface area contributed by atoms with Crippen molar-refractivity contribution in [1.29, 1.82) is 5.41 Å². The molecule has 1 heterocycles. The van der Waals surface area contributed by atoms with Gasteiger partial charge in [0, 0.05) is 31.2 Å². The van der Waals surface area contributed by atoms with E-state index >= 15 is 0 Å². The molecule has 1 aromatic heterocycles. The summed E-state index contributed by atoms with van der Waals surface area (Å²) in [5.74, 6) is 0. The van der Waals surface area contributed by atoms with Crippen molar-refractivity contribution in [3.05, 3.63) is 24.5 Å². The molecule has 0 aliphatic heterocycles. The second kappa shape index (κ2) is 5.16. The number of pyridine rings is 1. The molecule has 0 unspecified atom stereocenters. The van der Waals surface area contributed by atoms with E-state index in [0.717, 1.165) is 18.6 Å². The minimum absolute atomic E-state index is 0.00990. The van der Waals surface area contributed by atoms with Gasteiger partial charge in [-0.3, -0.25) is 4.98 Å². The van der Waals surface area contributed by atoms with Gasteiger partial charge in [-0.2, -0.15) is 4.31 Å². The van der Waals surface area contributed by atoms with E-state index in [1.807, 2.05) is 0 Å². The van der Waals surface area contributed by atoms with Crippen LogP contribution < -0.4 is 0 Å². The fraction of sp³-hybridized carbons (Fsp3) is 0.500. The average Bonchev–Trinajstić information content (AvgIpc) is 2.40. The quantitative estimate of drug-likeness (QED) is 0.905. The first-order chi connectivity index (χ1) is 8.51. The lowest BCUT2D eigenvalue weighted by Gasteiger charge is -2.30. The summed E-state index contributed by atoms with van der Waals surface area (Å²) < 4.78 is 26.1. The first kappa shape index (κ1) is 13.2. The summed E-state index contributed by atoms with van der Waals surface area (Å²) in [4.78, 5) is 4.08. The lowest BCUT2D eigenvalue weighted by atomic mass is 9.94. The molecular formula is C12H17N3O2S. The van der Waals surface area contributed by atoms with Gasteiger partial charge in [0.2, 0.25) is 10.0 Å². The highest BCUT2D eigenvalue weighted by molar-refractivity contribution is 7.89. The number of hydrogen-bond acceptors (Lipinski definition) is 4. The van der Waals surface area contributed by atoms with Crippen LogP contribution in [-0.2, 0) is 10.0 Å². The van der Waals surface area contributed by atoms with E-state index < -0.39 is 10.0 Å². The van der Waals surface area contributed by atoms with E-state index in [0.29, 0.717) is 12.8 Å². The zero-order valence-corrected chi connectivity index (χ0v) is 11.2. The third-order valence-corrected chi connectivity index (χ3v) is 5.28. The van der Waals surface area contributed by atoms with Crippen molar-refractivity contribution in [2.24, 2.45) is 0 Å². The van der Waals surface area contributed by atoms with Crippen molar-refractivity contribution < 1.29 is 8.42 Å². The summed E-state index contributed by atoms with van der Waals surface area (Å²) in [6.07, 6.45) is 5.77. The molecule has 1 aliphatic carbocycles. The minimum atomic E-state index is -3.46. The van der Waals surface area contributed by atoms with Gasteiger partial charge in [-0.05, 0) is 37.8 Å². The zero-order chi connectivity index (χ0) is 13.2. The predicted octanol–water partition coefficient (Wildman–Crippen LogP) is 1.66. The molecule has 1 N–H and O–H groups in total. The van der Waals surface area contributed by atoms with Crippen LogP contribution in [0.3, 0.4) is 0 Å². The molecule has 18 heavy (non-hydrogen) atoms. The van der Waals surface area contributed by atoms with Crippen molar-refractivity contribution in [3.8, 4) is 0 Å². The van der Waals surface area contributed by atoms with Gasteiger partial charge >= 0.3 is 0 Å². The summed E-state index contributed by atoms with van der Waals surface area (Å²) in [5, 5.41) is 7.56. The Morgan fingerprint density at radius 3 is 2.61 bits per heavy atom. The Morgan fingerprint density at radius 1 is 1.39 bits per heavy atom. The summed E-state index contributed by atoms with van der Waals surface area (Å²) >= 11 is 0. The Hall–Kier alpha value is -1.27. The molecule has 6 heteroatoms. The second-order valence-corrected chi connectivity index (χ2v) is 6.54. The largest absolute Gasteiger partial charge is 0.310 e. The van der Waals surface area contributed by atoms with E-state index in [-0.39, 0.29) is 10.9 Å². The van der Waals surface area contributed by atoms with Crippen molar-refractivity contribution in [2.45, 2.75) is 36.6 Å². The zero-order valence-electron chi connectivity index (χ0n) is 10.3. The van der Waals surface area contributed by atoms with Crippen LogP contribution in [0.5, 0.6) is 0 Å². The highest BCUT2D eigenvalue weighted by atomic mass is 32.2. The number of hydrogen-bond donors (Lipinski definition) is 1. The van der Waals surface area contributed by atoms with Crippen LogP contribution in [0.2, 0.25) is 0 Å². The molecule has 1 aliphatic rings. The molecule has 0 bridgehead atoms. The van der Waals surface area contributed by atoms with Gasteiger partial charge in [-0.1, -0.05) is 0 Å². The number of nitrogens with one attached hydrogen (secondary N) is 1. The molecule has 0 radical (unpaired) electrons. The molecule has 0 spiro atoms. The van der Waals surface area contributed by atoms with Crippen molar-refractivity contribution in [3.63, 3.8) is 0 Å². The molecular weight excluding hydrogens is 250 g/mol. The second-order valence-electron chi connectivity index (χ2n) is 4.54. The van der Waals surface area contributed by atoms with Crippen LogP contribution in [0.4, 0.5) is 0 Å². The average molecular weight is 267 g/mol. The Kier molecular flexibility index (Phi) is 3.77. The van der Waals surface area contributed by atoms with Crippen LogP contribution in [-0.4, -0.2) is 36.5 Å². The van der Waals surface area contributed by atoms with Gasteiger partial charge < -0.3 is 5.41 Å². The van der Waals surface area contributed by atoms with E-state index in [2.05, 4.69) is 4.98 Å². The summed E-state index contributed by atoms with van der Waals surface area (Å²) in [7, 11) is -1.84. The van der Waals surface area contributed by atoms with Crippen LogP contribution in [0.25, 0.3) is 0 Å². The van der Waals surface area contributed by atoms with Gasteiger partial charge in [0.1, 0.15) is 4.90 Å². The highest BCUT2D eigenvalue weighted by Crippen LogP contribution is 2.24. The predicted molar refractivity (Wildman–Crippen MR) is 69.2 cm³/mol. The van der Waals surface area contributed by atoms with E-state index in [9.17, 15) is 8.42 Å². The summed E-state index contributed by atoms with van der Waals surface area (Å²) in [5.41, 5.74) is 0.721. The number of aromatic nitrogens is 1. The highest BCUT2D eigenvalue weighted by Gasteiger charge is 2.30. The fourth-order valence-corrected chi connectivity index (χ4v) is 3.56. The number of rotatable bonds is 3. The normalized spacial score (nSPS) is 21.2. The van der Waals surface area contributed by atoms with E-state index in [1.54, 1.807) is 25.4 Å². The standard InChI is InChI=1S/C12H17N3O2S/c1-15(11-6-4-10(13)5-7-11)18(16,17)12-3-2-8-14-9-12/h2-3,8-9,11,13H,4-7H2,1H3. The fourth-order valence-electron chi connectivity index (χ4n) is 2.18. The topological polar surface area (TPSA) is 74.1 Å². The smallest absolute Gasteiger partial charge is 0.244 e. The Bertz CT molecular complexity index is 518. The first-order valence-electron chi connectivity index (χ1n) is 5.96. The first-order valence-corrected chi connectivity index (χ1v) is 7.40. The molecule has 0 atom stereocenters. The molecule has 1 saturated carbocycles. The van der Waals surface area contributed by atoms with E-state index in [4.69, 9.17) is 5.41 Å². The third kappa shape index (κ3) is 2.59. The van der Waals surface area contributed by atoms with Gasteiger partial charge in [-0.25, -0.2) is 8.42 Å². The van der Waals surface area contributed by atoms with Crippen molar-refractivity contribution in [1.82, 2.24) is 9.29 Å². The Morgan fingerprint density at radius 2 is 2.06 bits per heavy atom. The van der Waals surface area contributed by atoms with Gasteiger partial charge in [0.25, 0.3) is 0 Å². The van der Waals surface area contributed by atoms with Crippen LogP contribution in [0.15, 0.2) is 29.4 Å². The lowest BCUT2D eigenvalue weighted by molar-refractivity contribution is 0.327. The van der Waals surface area contributed by atoms with Gasteiger partial charge in [-0.15, -0.1) is 0 Å². The summed E-state index contributed by atoms with van der Waals surface area (Å²) in [6, 6.07) is 3.17. The molecule has 0 amide bonds. The molecule has 2 rings (SSSR count). The molecule has 0 aromatic carbocycles. The SMILES string of the molecule is CN(C1CCC(=N)CC1)S(=O)(=O)c1cccnc1. The molecule has 5 nitrogen and oxygen atoms in total. The molecule has 1 fully saturated rings. The van der Waals surface area contributed by atoms with Crippen molar-refractivity contribution in [2.75, 3.05) is 7.05 Å². The maximum absolute atomic E-state index is 12.3. The van der Waals surface area contributed by atoms with Gasteiger partial charge in [0.05, 0.1) is 0 Å². The Balaban J connectivity index is 2.18. The Labute approximate surface area is 107 Å². The molecule has 0 saturated heterocycles. The summed E-state index contributed by atoms with van der Waals surface area (Å²) in [6.45, 7) is 0. The van der Waals surface area contributed by atoms with Crippen LogP contribution in [0.1, 0.15) is 25.7 Å². The minimum Gasteiger partial charge on any atom is -0.310 e. The maximum Gasteiger partial charge on any atom is 0.244 e. The van der Waals surface area contributed by atoms with E-state index in [1.165, 1.54) is 10.5 Å². The monoisotopic (exact) mass is 267 g/mol. The lowest BCUT2D eigenvalue weighted by Crippen LogP contribution is -2.39. The van der Waals surface area contributed by atoms with Crippen LogP contribution >= 0.6 is 0 Å². The third-order valence-electron chi connectivity index (χ3n) is 3.38. The molecule has 1 aromatic rings. The molecule has 98 valence electrons. The van der Waals surface area contributed by atoms with Gasteiger partial charge in [0.15, 0.2) is 0 Å².